The van der Waals surface area contributed by atoms with Crippen LogP contribution in [0.3, 0.4) is 0 Å². The van der Waals surface area contributed by atoms with Crippen LogP contribution >= 0.6 is 0 Å². The van der Waals surface area contributed by atoms with Crippen molar-refractivity contribution < 1.29 is 29.4 Å². The van der Waals surface area contributed by atoms with Gasteiger partial charge >= 0.3 is 0 Å². The molecule has 304 valence electrons. The number of carbonyl (C=O) groups excluding carboxylic acids is 4. The Morgan fingerprint density at radius 1 is 0.500 bits per heavy atom. The molecule has 0 heterocycles. The molecule has 0 unspecified atom stereocenters. The van der Waals surface area contributed by atoms with Crippen LogP contribution in [0.4, 0.5) is 11.4 Å². The number of carbonyl (C=O) groups is 4. The van der Waals surface area contributed by atoms with Crippen LogP contribution in [0.1, 0.15) is 192 Å². The number of rotatable bonds is 14. The Morgan fingerprint density at radius 2 is 0.862 bits per heavy atom. The average Bonchev–Trinajstić information content (AvgIpc) is 3.24. The van der Waals surface area contributed by atoms with Gasteiger partial charge in [0.2, 0.25) is 5.78 Å². The first kappa shape index (κ1) is 40.9. The van der Waals surface area contributed by atoms with Gasteiger partial charge in [0.15, 0.2) is 5.78 Å². The molecule has 7 rings (SSSR count). The fraction of sp³-hybridized carbons (Fsp3) is 0.440. The monoisotopic (exact) mass is 782 g/mol. The molecule has 2 fully saturated rings. The highest BCUT2D eigenvalue weighted by Gasteiger charge is 2.39. The number of anilines is 2. The Balaban J connectivity index is 1.05. The molecular weight excluding hydrogens is 725 g/mol. The number of aromatic hydroxyl groups is 2. The van der Waals surface area contributed by atoms with E-state index < -0.39 is 34.9 Å². The van der Waals surface area contributed by atoms with Crippen LogP contribution in [0.5, 0.6) is 11.5 Å². The lowest BCUT2D eigenvalue weighted by atomic mass is 9.77. The molecule has 58 heavy (non-hydrogen) atoms. The van der Waals surface area contributed by atoms with Crippen molar-refractivity contribution >= 4 is 34.8 Å². The number of nitrogens with one attached hydrogen (secondary N) is 2. The summed E-state index contributed by atoms with van der Waals surface area (Å²) >= 11 is 0. The van der Waals surface area contributed by atoms with Crippen LogP contribution in [0.15, 0.2) is 72.8 Å². The summed E-state index contributed by atoms with van der Waals surface area (Å²) in [5.41, 5.74) is 2.23. The first-order valence-corrected chi connectivity index (χ1v) is 21.8. The van der Waals surface area contributed by atoms with E-state index in [1.807, 2.05) is 24.3 Å². The normalized spacial score (nSPS) is 20.2. The molecule has 0 saturated heterocycles. The minimum Gasteiger partial charge on any atom is -0.507 e. The summed E-state index contributed by atoms with van der Waals surface area (Å²) in [6.45, 7) is 4.48. The topological polar surface area (TPSA) is 133 Å². The number of phenols is 2. The van der Waals surface area contributed by atoms with E-state index in [0.29, 0.717) is 23.0 Å². The van der Waals surface area contributed by atoms with Crippen LogP contribution in [-0.4, -0.2) is 33.6 Å². The number of amides is 2. The maximum absolute atomic E-state index is 14.4. The summed E-state index contributed by atoms with van der Waals surface area (Å²) in [5.74, 6) is -0.835. The summed E-state index contributed by atoms with van der Waals surface area (Å²) in [6.07, 6.45) is 19.8. The Morgan fingerprint density at radius 3 is 1.22 bits per heavy atom. The van der Waals surface area contributed by atoms with E-state index in [2.05, 4.69) is 24.5 Å². The van der Waals surface area contributed by atoms with Crippen molar-refractivity contribution in [3.8, 4) is 11.5 Å². The molecule has 0 radical (unpaired) electrons. The van der Waals surface area contributed by atoms with Gasteiger partial charge in [0.05, 0.1) is 33.6 Å². The van der Waals surface area contributed by atoms with E-state index in [0.717, 1.165) is 37.5 Å². The molecule has 0 bridgehead atoms. The first-order valence-electron chi connectivity index (χ1n) is 21.8. The number of phenolic OH excluding ortho intramolecular Hbond substituents is 2. The number of ketones is 2. The lowest BCUT2D eigenvalue weighted by Crippen LogP contribution is -2.26. The van der Waals surface area contributed by atoms with E-state index in [-0.39, 0.29) is 33.6 Å². The van der Waals surface area contributed by atoms with Crippen LogP contribution < -0.4 is 10.6 Å². The minimum atomic E-state index is -0.791. The number of unbranched alkanes of at least 4 members (excludes halogenated alkanes) is 4. The minimum absolute atomic E-state index is 0.0403. The molecule has 3 aliphatic rings. The Kier molecular flexibility index (Phi) is 13.1. The number of fused-ring (bicyclic) bond motifs is 2. The van der Waals surface area contributed by atoms with Gasteiger partial charge in [-0.05, 0) is 135 Å². The van der Waals surface area contributed by atoms with E-state index >= 15 is 0 Å². The zero-order valence-corrected chi connectivity index (χ0v) is 34.1. The van der Waals surface area contributed by atoms with Gasteiger partial charge in [0.25, 0.3) is 11.8 Å². The molecule has 0 aliphatic heterocycles. The van der Waals surface area contributed by atoms with Crippen LogP contribution in [-0.2, 0) is 0 Å². The second-order valence-corrected chi connectivity index (χ2v) is 17.0. The van der Waals surface area contributed by atoms with Crippen LogP contribution in [0.2, 0.25) is 0 Å². The maximum Gasteiger partial charge on any atom is 0.255 e. The zero-order chi connectivity index (χ0) is 40.8. The molecular formula is C50H58N2O6. The molecule has 0 atom stereocenters. The summed E-state index contributed by atoms with van der Waals surface area (Å²) in [5, 5.41) is 27.3. The number of benzene rings is 4. The Hall–Kier alpha value is -5.24. The molecule has 8 heteroatoms. The molecule has 8 nitrogen and oxygen atoms in total. The first-order chi connectivity index (χ1) is 28.2. The average molecular weight is 783 g/mol. The fourth-order valence-electron chi connectivity index (χ4n) is 9.71. The van der Waals surface area contributed by atoms with E-state index in [1.165, 1.54) is 112 Å². The van der Waals surface area contributed by atoms with Crippen molar-refractivity contribution in [2.45, 2.75) is 128 Å². The third-order valence-corrected chi connectivity index (χ3v) is 13.2. The molecule has 0 aromatic heterocycles. The van der Waals surface area contributed by atoms with Crippen molar-refractivity contribution in [3.05, 3.63) is 117 Å². The van der Waals surface area contributed by atoms with Gasteiger partial charge in [-0.15, -0.1) is 0 Å². The van der Waals surface area contributed by atoms with Crippen molar-refractivity contribution in [2.24, 2.45) is 11.8 Å². The molecule has 4 aromatic carbocycles. The van der Waals surface area contributed by atoms with Crippen LogP contribution in [0, 0.1) is 11.8 Å². The lowest BCUT2D eigenvalue weighted by molar-refractivity contribution is 0.0973. The van der Waals surface area contributed by atoms with Crippen molar-refractivity contribution in [3.63, 3.8) is 0 Å². The summed E-state index contributed by atoms with van der Waals surface area (Å²) in [4.78, 5) is 55.6. The maximum atomic E-state index is 14.4. The highest BCUT2D eigenvalue weighted by atomic mass is 16.3. The second-order valence-electron chi connectivity index (χ2n) is 17.0. The highest BCUT2D eigenvalue weighted by molar-refractivity contribution is 6.34. The van der Waals surface area contributed by atoms with Gasteiger partial charge in [-0.25, -0.2) is 0 Å². The Bertz CT molecular complexity index is 1970. The van der Waals surface area contributed by atoms with Gasteiger partial charge in [0.1, 0.15) is 11.5 Å². The SMILES string of the molecule is CCCCCC1CCC(c2ccc(C(=O)Nc3ccc(O)c4c3C(=O)c3c(NC(=O)c5ccc(C6CCC(CCCCC)CC6)cc5)ccc(O)c3C4=O)cc2)CC1. The van der Waals surface area contributed by atoms with E-state index in [1.54, 1.807) is 24.3 Å². The summed E-state index contributed by atoms with van der Waals surface area (Å²) in [7, 11) is 0. The molecule has 2 amide bonds. The predicted octanol–water partition coefficient (Wildman–Crippen LogP) is 12.1. The van der Waals surface area contributed by atoms with Crippen molar-refractivity contribution in [1.29, 1.82) is 0 Å². The molecule has 2 saturated carbocycles. The number of hydrogen-bond acceptors (Lipinski definition) is 6. The van der Waals surface area contributed by atoms with Crippen molar-refractivity contribution in [1.82, 2.24) is 0 Å². The van der Waals surface area contributed by atoms with Gasteiger partial charge in [0, 0.05) is 11.1 Å². The number of hydrogen-bond donors (Lipinski definition) is 4. The largest absolute Gasteiger partial charge is 0.507 e. The fourth-order valence-corrected chi connectivity index (χ4v) is 9.71. The third-order valence-electron chi connectivity index (χ3n) is 13.2. The zero-order valence-electron chi connectivity index (χ0n) is 34.1. The quantitative estimate of drug-likeness (QED) is 0.0655. The second kappa shape index (κ2) is 18.6. The molecule has 4 N–H and O–H groups in total. The van der Waals surface area contributed by atoms with Crippen LogP contribution in [0.25, 0.3) is 0 Å². The highest BCUT2D eigenvalue weighted by Crippen LogP contribution is 2.43. The lowest BCUT2D eigenvalue weighted by Gasteiger charge is -2.29. The van der Waals surface area contributed by atoms with E-state index in [9.17, 15) is 29.4 Å². The van der Waals surface area contributed by atoms with Gasteiger partial charge < -0.3 is 20.8 Å². The standard InChI is InChI=1S/C50H58N2O6/c1-3-5-7-9-31-11-15-33(16-12-31)35-19-23-37(24-20-35)49(57)51-39-27-29-41(53)45-43(39)47(55)44-40(28-30-42(54)46(44)48(45)56)52-50(58)38-25-21-36(22-26-38)34-17-13-32(14-18-34)10-8-6-4-2/h19-34,53-54H,3-18H2,1-2H3,(H,51,57)(H,52,58). The summed E-state index contributed by atoms with van der Waals surface area (Å²) in [6, 6.07) is 20.4. The van der Waals surface area contributed by atoms with Crippen molar-refractivity contribution in [2.75, 3.05) is 10.6 Å². The smallest absolute Gasteiger partial charge is 0.255 e. The molecule has 0 spiro atoms. The third kappa shape index (κ3) is 8.91. The predicted molar refractivity (Wildman–Crippen MR) is 230 cm³/mol. The Labute approximate surface area is 342 Å². The van der Waals surface area contributed by atoms with Gasteiger partial charge in [-0.3, -0.25) is 19.2 Å². The van der Waals surface area contributed by atoms with Gasteiger partial charge in [-0.1, -0.05) is 89.5 Å². The van der Waals surface area contributed by atoms with Gasteiger partial charge in [-0.2, -0.15) is 0 Å². The molecule has 3 aliphatic carbocycles. The van der Waals surface area contributed by atoms with E-state index in [4.69, 9.17) is 0 Å². The molecule has 4 aromatic rings. The summed E-state index contributed by atoms with van der Waals surface area (Å²) < 4.78 is 0.